The molecule has 0 aliphatic rings. The van der Waals surface area contributed by atoms with Crippen LogP contribution in [-0.4, -0.2) is 11.5 Å². The minimum absolute atomic E-state index is 0.0458. The first kappa shape index (κ1) is 14.7. The van der Waals surface area contributed by atoms with Crippen LogP contribution in [0.3, 0.4) is 0 Å². The first-order chi connectivity index (χ1) is 9.47. The van der Waals surface area contributed by atoms with Gasteiger partial charge in [0.1, 0.15) is 0 Å². The topological polar surface area (TPSA) is 17.1 Å². The van der Waals surface area contributed by atoms with Gasteiger partial charge in [0.25, 0.3) is 0 Å². The first-order valence-electron chi connectivity index (χ1n) is 5.85. The van der Waals surface area contributed by atoms with Gasteiger partial charge in [0, 0.05) is 10.5 Å². The third kappa shape index (κ3) is 3.87. The Labute approximate surface area is 118 Å². The Balaban J connectivity index is 1.96. The Morgan fingerprint density at radius 2 is 1.55 bits per heavy atom. The lowest BCUT2D eigenvalue weighted by molar-refractivity contribution is -0.137. The third-order valence-electron chi connectivity index (χ3n) is 2.65. The summed E-state index contributed by atoms with van der Waals surface area (Å²) < 4.78 is 37.2. The number of carbonyl (C=O) groups excluding carboxylic acids is 1. The molecule has 0 radical (unpaired) electrons. The van der Waals surface area contributed by atoms with E-state index < -0.39 is 11.7 Å². The Bertz CT molecular complexity index is 576. The maximum Gasteiger partial charge on any atom is 0.416 e. The SMILES string of the molecule is O=C(CSc1ccc(C(F)(F)F)cc1)c1ccccc1. The molecular weight excluding hydrogens is 285 g/mol. The number of rotatable bonds is 4. The number of ketones is 1. The molecule has 0 aromatic heterocycles. The zero-order chi connectivity index (χ0) is 14.6. The van der Waals surface area contributed by atoms with Crippen molar-refractivity contribution in [3.05, 3.63) is 65.7 Å². The Kier molecular flexibility index (Phi) is 4.49. The summed E-state index contributed by atoms with van der Waals surface area (Å²) in [6, 6.07) is 13.6. The lowest BCUT2D eigenvalue weighted by Crippen LogP contribution is -2.04. The van der Waals surface area contributed by atoms with Gasteiger partial charge in [-0.05, 0) is 24.3 Å². The van der Waals surface area contributed by atoms with Crippen molar-refractivity contribution in [2.45, 2.75) is 11.1 Å². The molecule has 5 heteroatoms. The van der Waals surface area contributed by atoms with Gasteiger partial charge in [-0.25, -0.2) is 0 Å². The van der Waals surface area contributed by atoms with Crippen molar-refractivity contribution < 1.29 is 18.0 Å². The van der Waals surface area contributed by atoms with Gasteiger partial charge in [-0.1, -0.05) is 30.3 Å². The van der Waals surface area contributed by atoms with Crippen molar-refractivity contribution in [2.75, 3.05) is 5.75 Å². The summed E-state index contributed by atoms with van der Waals surface area (Å²) in [7, 11) is 0. The summed E-state index contributed by atoms with van der Waals surface area (Å²) >= 11 is 1.23. The summed E-state index contributed by atoms with van der Waals surface area (Å²) in [6.07, 6.45) is -4.33. The molecule has 0 N–H and O–H groups in total. The average molecular weight is 296 g/mol. The standard InChI is InChI=1S/C15H11F3OS/c16-15(17,18)12-6-8-13(9-7-12)20-10-14(19)11-4-2-1-3-5-11/h1-9H,10H2. The van der Waals surface area contributed by atoms with Crippen molar-refractivity contribution in [3.8, 4) is 0 Å². The normalized spacial score (nSPS) is 11.3. The van der Waals surface area contributed by atoms with E-state index in [1.807, 2.05) is 6.07 Å². The van der Waals surface area contributed by atoms with E-state index in [-0.39, 0.29) is 11.5 Å². The van der Waals surface area contributed by atoms with Crippen molar-refractivity contribution in [2.24, 2.45) is 0 Å². The fourth-order valence-electron chi connectivity index (χ4n) is 1.60. The molecule has 2 rings (SSSR count). The van der Waals surface area contributed by atoms with Crippen LogP contribution in [0.4, 0.5) is 13.2 Å². The number of benzene rings is 2. The second-order valence-electron chi connectivity index (χ2n) is 4.10. The fourth-order valence-corrected chi connectivity index (χ4v) is 2.39. The second kappa shape index (κ2) is 6.13. The maximum atomic E-state index is 12.4. The highest BCUT2D eigenvalue weighted by Crippen LogP contribution is 2.30. The van der Waals surface area contributed by atoms with E-state index in [1.165, 1.54) is 23.9 Å². The molecule has 1 nitrogen and oxygen atoms in total. The third-order valence-corrected chi connectivity index (χ3v) is 3.66. The van der Waals surface area contributed by atoms with E-state index in [1.54, 1.807) is 24.3 Å². The molecule has 0 fully saturated rings. The molecule has 0 amide bonds. The predicted molar refractivity (Wildman–Crippen MR) is 72.9 cm³/mol. The molecule has 0 unspecified atom stereocenters. The number of alkyl halides is 3. The van der Waals surface area contributed by atoms with E-state index in [0.717, 1.165) is 12.1 Å². The van der Waals surface area contributed by atoms with Gasteiger partial charge in [0.15, 0.2) is 5.78 Å². The van der Waals surface area contributed by atoms with Crippen LogP contribution < -0.4 is 0 Å². The lowest BCUT2D eigenvalue weighted by atomic mass is 10.2. The average Bonchev–Trinajstić information content (AvgIpc) is 2.45. The summed E-state index contributed by atoms with van der Waals surface area (Å²) in [6.45, 7) is 0. The minimum atomic E-state index is -4.33. The molecular formula is C15H11F3OS. The second-order valence-corrected chi connectivity index (χ2v) is 5.15. The Morgan fingerprint density at radius 1 is 0.950 bits per heavy atom. The van der Waals surface area contributed by atoms with Gasteiger partial charge in [0.2, 0.25) is 0 Å². The number of hydrogen-bond acceptors (Lipinski definition) is 2. The van der Waals surface area contributed by atoms with Crippen molar-refractivity contribution in [3.63, 3.8) is 0 Å². The van der Waals surface area contributed by atoms with E-state index >= 15 is 0 Å². The summed E-state index contributed by atoms with van der Waals surface area (Å²) in [5.41, 5.74) is -0.0804. The highest BCUT2D eigenvalue weighted by molar-refractivity contribution is 8.00. The van der Waals surface area contributed by atoms with E-state index in [0.29, 0.717) is 10.5 Å². The van der Waals surface area contributed by atoms with Gasteiger partial charge in [-0.2, -0.15) is 13.2 Å². The van der Waals surface area contributed by atoms with Gasteiger partial charge in [-0.15, -0.1) is 11.8 Å². The zero-order valence-corrected chi connectivity index (χ0v) is 11.2. The van der Waals surface area contributed by atoms with Crippen LogP contribution in [-0.2, 0) is 6.18 Å². The molecule has 0 heterocycles. The van der Waals surface area contributed by atoms with Crippen LogP contribution in [0.15, 0.2) is 59.5 Å². The molecule has 0 spiro atoms. The van der Waals surface area contributed by atoms with Crippen molar-refractivity contribution in [1.82, 2.24) is 0 Å². The largest absolute Gasteiger partial charge is 0.416 e. The van der Waals surface area contributed by atoms with Gasteiger partial charge in [-0.3, -0.25) is 4.79 Å². The smallest absolute Gasteiger partial charge is 0.293 e. The zero-order valence-electron chi connectivity index (χ0n) is 10.4. The maximum absolute atomic E-state index is 12.4. The quantitative estimate of drug-likeness (QED) is 0.602. The molecule has 0 atom stereocenters. The number of Topliss-reactive ketones (excluding diaryl/α,β-unsaturated/α-hetero) is 1. The highest BCUT2D eigenvalue weighted by atomic mass is 32.2. The fraction of sp³-hybridized carbons (Fsp3) is 0.133. The molecule has 0 saturated carbocycles. The Morgan fingerprint density at radius 3 is 2.10 bits per heavy atom. The molecule has 0 aliphatic carbocycles. The molecule has 2 aromatic carbocycles. The summed E-state index contributed by atoms with van der Waals surface area (Å²) in [5, 5.41) is 0. The molecule has 0 bridgehead atoms. The molecule has 0 saturated heterocycles. The first-order valence-corrected chi connectivity index (χ1v) is 6.84. The minimum Gasteiger partial charge on any atom is -0.293 e. The van der Waals surface area contributed by atoms with Crippen molar-refractivity contribution >= 4 is 17.5 Å². The molecule has 104 valence electrons. The van der Waals surface area contributed by atoms with Gasteiger partial charge < -0.3 is 0 Å². The highest BCUT2D eigenvalue weighted by Gasteiger charge is 2.29. The number of carbonyl (C=O) groups is 1. The van der Waals surface area contributed by atoms with Crippen LogP contribution in [0, 0.1) is 0 Å². The van der Waals surface area contributed by atoms with Crippen LogP contribution in [0.25, 0.3) is 0 Å². The van der Waals surface area contributed by atoms with Crippen molar-refractivity contribution in [1.29, 1.82) is 0 Å². The van der Waals surface area contributed by atoms with Crippen LogP contribution >= 0.6 is 11.8 Å². The molecule has 20 heavy (non-hydrogen) atoms. The number of hydrogen-bond donors (Lipinski definition) is 0. The number of thioether (sulfide) groups is 1. The number of halogens is 3. The monoisotopic (exact) mass is 296 g/mol. The Hall–Kier alpha value is -1.75. The van der Waals surface area contributed by atoms with E-state index in [2.05, 4.69) is 0 Å². The summed E-state index contributed by atoms with van der Waals surface area (Å²) in [4.78, 5) is 12.5. The lowest BCUT2D eigenvalue weighted by Gasteiger charge is -2.07. The summed E-state index contributed by atoms with van der Waals surface area (Å²) in [5.74, 6) is 0.158. The van der Waals surface area contributed by atoms with Gasteiger partial charge in [0.05, 0.1) is 11.3 Å². The molecule has 0 aliphatic heterocycles. The van der Waals surface area contributed by atoms with Crippen LogP contribution in [0.5, 0.6) is 0 Å². The van der Waals surface area contributed by atoms with E-state index in [9.17, 15) is 18.0 Å². The van der Waals surface area contributed by atoms with Crippen LogP contribution in [0.1, 0.15) is 15.9 Å². The molecule has 2 aromatic rings. The predicted octanol–water partition coefficient (Wildman–Crippen LogP) is 4.68. The van der Waals surface area contributed by atoms with Gasteiger partial charge >= 0.3 is 6.18 Å². The van der Waals surface area contributed by atoms with E-state index in [4.69, 9.17) is 0 Å². The van der Waals surface area contributed by atoms with Crippen LogP contribution in [0.2, 0.25) is 0 Å².